The van der Waals surface area contributed by atoms with Crippen molar-refractivity contribution in [1.82, 2.24) is 0 Å². The van der Waals surface area contributed by atoms with Gasteiger partial charge in [-0.05, 0) is 27.7 Å². The van der Waals surface area contributed by atoms with Gasteiger partial charge in [0.05, 0.1) is 6.61 Å². The summed E-state index contributed by atoms with van der Waals surface area (Å²) >= 11 is 0. The lowest BCUT2D eigenvalue weighted by atomic mass is 9.65. The van der Waals surface area contributed by atoms with Crippen LogP contribution in [0.15, 0.2) is 0 Å². The molecule has 1 heterocycles. The zero-order chi connectivity index (χ0) is 13.0. The second kappa shape index (κ2) is 3.38. The Balaban J connectivity index is 3.30. The third-order valence-corrected chi connectivity index (χ3v) is 4.00. The van der Waals surface area contributed by atoms with Gasteiger partial charge in [0, 0.05) is 0 Å². The van der Waals surface area contributed by atoms with Crippen LogP contribution in [0.4, 0.5) is 0 Å². The molecule has 0 amide bonds. The van der Waals surface area contributed by atoms with Gasteiger partial charge < -0.3 is 30.3 Å². The number of ether oxygens (including phenoxy) is 1. The minimum absolute atomic E-state index is 0.588. The van der Waals surface area contributed by atoms with E-state index in [2.05, 4.69) is 0 Å². The highest BCUT2D eigenvalue weighted by molar-refractivity contribution is 5.16. The molecule has 0 bridgehead atoms. The summed E-state index contributed by atoms with van der Waals surface area (Å²) < 4.78 is 5.03. The first-order valence-corrected chi connectivity index (χ1v) is 5.10. The molecule has 1 fully saturated rings. The van der Waals surface area contributed by atoms with Gasteiger partial charge in [0.2, 0.25) is 0 Å². The number of hydrogen-bond donors (Lipinski definition) is 5. The second-order valence-corrected chi connectivity index (χ2v) is 5.06. The fraction of sp³-hybridized carbons (Fsp3) is 1.00. The van der Waals surface area contributed by atoms with Crippen LogP contribution < -0.4 is 0 Å². The average Bonchev–Trinajstić information content (AvgIpc) is 2.11. The molecule has 1 rings (SSSR count). The third-order valence-electron chi connectivity index (χ3n) is 4.00. The summed E-state index contributed by atoms with van der Waals surface area (Å²) in [6.07, 6.45) is -1.20. The van der Waals surface area contributed by atoms with Crippen molar-refractivity contribution < 1.29 is 30.3 Å². The molecule has 1 saturated heterocycles. The fourth-order valence-electron chi connectivity index (χ4n) is 1.98. The van der Waals surface area contributed by atoms with E-state index in [-0.39, 0.29) is 0 Å². The Kier molecular flexibility index (Phi) is 2.92. The Morgan fingerprint density at radius 1 is 0.938 bits per heavy atom. The standard InChI is InChI=1S/C10H20O6/c1-7(12)6(5-11)16-10(4,15)9(3,14)8(7,2)13/h6,11-15H,5H2,1-4H3/t6-,7-,8+,9-,10?/m1/s1. The molecule has 0 saturated carbocycles. The van der Waals surface area contributed by atoms with Crippen LogP contribution in [0, 0.1) is 0 Å². The van der Waals surface area contributed by atoms with Gasteiger partial charge in [-0.15, -0.1) is 0 Å². The minimum atomic E-state index is -2.09. The molecule has 16 heavy (non-hydrogen) atoms. The van der Waals surface area contributed by atoms with Crippen molar-refractivity contribution in [3.63, 3.8) is 0 Å². The number of aliphatic hydroxyl groups excluding tert-OH is 1. The van der Waals surface area contributed by atoms with Gasteiger partial charge in [-0.1, -0.05) is 0 Å². The first-order valence-electron chi connectivity index (χ1n) is 5.10. The van der Waals surface area contributed by atoms with Gasteiger partial charge in [0.1, 0.15) is 22.9 Å². The largest absolute Gasteiger partial charge is 0.394 e. The Bertz CT molecular complexity index is 281. The SMILES string of the molecule is CC1(O)O[C@H](CO)[C@@](C)(O)[C@](C)(O)[C@@]1(C)O. The van der Waals surface area contributed by atoms with E-state index in [1.54, 1.807) is 0 Å². The quantitative estimate of drug-likeness (QED) is 0.373. The van der Waals surface area contributed by atoms with Crippen molar-refractivity contribution in [3.8, 4) is 0 Å². The van der Waals surface area contributed by atoms with Crippen LogP contribution in [0.2, 0.25) is 0 Å². The summed E-state index contributed by atoms with van der Waals surface area (Å²) in [6, 6.07) is 0. The summed E-state index contributed by atoms with van der Waals surface area (Å²) in [5.74, 6) is -2.08. The summed E-state index contributed by atoms with van der Waals surface area (Å²) in [7, 11) is 0. The number of rotatable bonds is 1. The first-order chi connectivity index (χ1) is 6.92. The Labute approximate surface area is 94.1 Å². The highest BCUT2D eigenvalue weighted by Gasteiger charge is 2.69. The Hall–Kier alpha value is -0.240. The maximum absolute atomic E-state index is 10.2. The maximum atomic E-state index is 10.2. The first kappa shape index (κ1) is 13.8. The van der Waals surface area contributed by atoms with Crippen LogP contribution in [-0.4, -0.2) is 60.8 Å². The summed E-state index contributed by atoms with van der Waals surface area (Å²) in [6.45, 7) is 4.16. The van der Waals surface area contributed by atoms with Gasteiger partial charge >= 0.3 is 0 Å². The molecule has 1 aliphatic heterocycles. The van der Waals surface area contributed by atoms with Gasteiger partial charge in [0.15, 0.2) is 5.79 Å². The van der Waals surface area contributed by atoms with Crippen LogP contribution in [0.25, 0.3) is 0 Å². The Morgan fingerprint density at radius 2 is 1.38 bits per heavy atom. The zero-order valence-electron chi connectivity index (χ0n) is 9.93. The van der Waals surface area contributed by atoms with E-state index in [0.717, 1.165) is 6.92 Å². The highest BCUT2D eigenvalue weighted by atomic mass is 16.7. The zero-order valence-corrected chi connectivity index (χ0v) is 9.93. The molecule has 0 aliphatic carbocycles. The molecule has 1 aliphatic rings. The Morgan fingerprint density at radius 3 is 1.75 bits per heavy atom. The molecule has 6 heteroatoms. The van der Waals surface area contributed by atoms with E-state index < -0.39 is 35.3 Å². The third kappa shape index (κ3) is 1.42. The van der Waals surface area contributed by atoms with Crippen LogP contribution >= 0.6 is 0 Å². The van der Waals surface area contributed by atoms with Crippen LogP contribution in [0.1, 0.15) is 27.7 Å². The predicted octanol–water partition coefficient (Wildman–Crippen LogP) is -1.66. The molecule has 5 atom stereocenters. The molecule has 1 unspecified atom stereocenters. The van der Waals surface area contributed by atoms with E-state index in [0.29, 0.717) is 0 Å². The van der Waals surface area contributed by atoms with Crippen molar-refractivity contribution in [1.29, 1.82) is 0 Å². The molecule has 0 spiro atoms. The molecular formula is C10H20O6. The summed E-state index contributed by atoms with van der Waals surface area (Å²) in [5, 5.41) is 49.4. The van der Waals surface area contributed by atoms with E-state index in [1.165, 1.54) is 20.8 Å². The van der Waals surface area contributed by atoms with Crippen molar-refractivity contribution in [2.45, 2.75) is 56.4 Å². The molecule has 0 radical (unpaired) electrons. The topological polar surface area (TPSA) is 110 Å². The van der Waals surface area contributed by atoms with Crippen LogP contribution in [-0.2, 0) is 4.74 Å². The predicted molar refractivity (Wildman–Crippen MR) is 54.5 cm³/mol. The van der Waals surface area contributed by atoms with Gasteiger partial charge in [0.25, 0.3) is 0 Å². The molecule has 0 aromatic carbocycles. The van der Waals surface area contributed by atoms with Gasteiger partial charge in [-0.2, -0.15) is 0 Å². The van der Waals surface area contributed by atoms with E-state index >= 15 is 0 Å². The number of aliphatic hydroxyl groups is 5. The van der Waals surface area contributed by atoms with Gasteiger partial charge in [-0.3, -0.25) is 0 Å². The van der Waals surface area contributed by atoms with Crippen LogP contribution in [0.3, 0.4) is 0 Å². The molecule has 0 aromatic heterocycles. The molecule has 5 N–H and O–H groups in total. The molecule has 0 aromatic rings. The van der Waals surface area contributed by atoms with Crippen LogP contribution in [0.5, 0.6) is 0 Å². The van der Waals surface area contributed by atoms with Crippen molar-refractivity contribution in [2.24, 2.45) is 0 Å². The maximum Gasteiger partial charge on any atom is 0.195 e. The average molecular weight is 236 g/mol. The summed E-state index contributed by atoms with van der Waals surface area (Å²) in [5.41, 5.74) is -6.03. The molecular weight excluding hydrogens is 216 g/mol. The molecule has 96 valence electrons. The van der Waals surface area contributed by atoms with Crippen molar-refractivity contribution in [3.05, 3.63) is 0 Å². The normalized spacial score (nSPS) is 58.7. The van der Waals surface area contributed by atoms with E-state index in [4.69, 9.17) is 9.84 Å². The second-order valence-electron chi connectivity index (χ2n) is 5.06. The monoisotopic (exact) mass is 236 g/mol. The van der Waals surface area contributed by atoms with Crippen molar-refractivity contribution >= 4 is 0 Å². The van der Waals surface area contributed by atoms with E-state index in [9.17, 15) is 20.4 Å². The lowest BCUT2D eigenvalue weighted by Crippen LogP contribution is -2.80. The minimum Gasteiger partial charge on any atom is -0.394 e. The lowest BCUT2D eigenvalue weighted by Gasteiger charge is -2.60. The lowest BCUT2D eigenvalue weighted by molar-refractivity contribution is -0.423. The summed E-state index contributed by atoms with van der Waals surface area (Å²) in [4.78, 5) is 0. The smallest absolute Gasteiger partial charge is 0.195 e. The van der Waals surface area contributed by atoms with E-state index in [1.807, 2.05) is 0 Å². The van der Waals surface area contributed by atoms with Gasteiger partial charge in [-0.25, -0.2) is 0 Å². The highest BCUT2D eigenvalue weighted by Crippen LogP contribution is 2.47. The molecule has 6 nitrogen and oxygen atoms in total. The number of hydrogen-bond acceptors (Lipinski definition) is 6. The fourth-order valence-corrected chi connectivity index (χ4v) is 1.98. The van der Waals surface area contributed by atoms with Crippen molar-refractivity contribution in [2.75, 3.05) is 6.61 Å².